The number of aromatic nitrogens is 1. The van der Waals surface area contributed by atoms with Gasteiger partial charge in [-0.15, -0.1) is 11.3 Å². The van der Waals surface area contributed by atoms with E-state index in [1.54, 1.807) is 5.38 Å². The summed E-state index contributed by atoms with van der Waals surface area (Å²) in [7, 11) is 0. The Kier molecular flexibility index (Phi) is 5.99. The standard InChI is InChI=1S/C22H23N3O2S/c26-21(19-15-28-22(25-19)23-17-10-5-2-6-11-17)24-18-12-7-13-20(18)27-14-16-8-3-1-4-9-16/h1-6,8-11,15,18,20H,7,12-14H2,(H,23,25)(H,24,26)/t18-,20-/m1/s1. The molecule has 1 amide bonds. The number of para-hydroxylation sites is 1. The lowest BCUT2D eigenvalue weighted by Gasteiger charge is -2.21. The largest absolute Gasteiger partial charge is 0.371 e. The van der Waals surface area contributed by atoms with E-state index in [4.69, 9.17) is 4.74 Å². The maximum absolute atomic E-state index is 12.6. The second-order valence-electron chi connectivity index (χ2n) is 6.87. The number of nitrogens with one attached hydrogen (secondary N) is 2. The van der Waals surface area contributed by atoms with Gasteiger partial charge >= 0.3 is 0 Å². The van der Waals surface area contributed by atoms with Crippen molar-refractivity contribution < 1.29 is 9.53 Å². The number of ether oxygens (including phenoxy) is 1. The van der Waals surface area contributed by atoms with E-state index in [-0.39, 0.29) is 18.1 Å². The Balaban J connectivity index is 1.32. The topological polar surface area (TPSA) is 63.2 Å². The molecule has 2 atom stereocenters. The van der Waals surface area contributed by atoms with Crippen LogP contribution in [0.2, 0.25) is 0 Å². The van der Waals surface area contributed by atoms with Crippen molar-refractivity contribution in [2.24, 2.45) is 0 Å². The van der Waals surface area contributed by atoms with Crippen LogP contribution in [0.3, 0.4) is 0 Å². The highest BCUT2D eigenvalue weighted by molar-refractivity contribution is 7.14. The van der Waals surface area contributed by atoms with E-state index in [0.29, 0.717) is 17.4 Å². The highest BCUT2D eigenvalue weighted by atomic mass is 32.1. The first-order chi connectivity index (χ1) is 13.8. The van der Waals surface area contributed by atoms with Crippen LogP contribution in [0.25, 0.3) is 0 Å². The van der Waals surface area contributed by atoms with Crippen molar-refractivity contribution in [3.8, 4) is 0 Å². The van der Waals surface area contributed by atoms with Crippen molar-refractivity contribution in [1.29, 1.82) is 0 Å². The molecule has 0 aliphatic heterocycles. The number of benzene rings is 2. The highest BCUT2D eigenvalue weighted by Crippen LogP contribution is 2.25. The number of amides is 1. The molecule has 6 heteroatoms. The first-order valence-electron chi connectivity index (χ1n) is 9.52. The number of thiazole rings is 1. The van der Waals surface area contributed by atoms with E-state index < -0.39 is 0 Å². The van der Waals surface area contributed by atoms with Gasteiger partial charge in [0.1, 0.15) is 5.69 Å². The van der Waals surface area contributed by atoms with E-state index >= 15 is 0 Å². The van der Waals surface area contributed by atoms with Crippen molar-refractivity contribution in [3.05, 3.63) is 77.3 Å². The van der Waals surface area contributed by atoms with Gasteiger partial charge in [-0.3, -0.25) is 4.79 Å². The normalized spacial score (nSPS) is 18.7. The summed E-state index contributed by atoms with van der Waals surface area (Å²) >= 11 is 1.42. The van der Waals surface area contributed by atoms with Crippen molar-refractivity contribution in [2.45, 2.75) is 38.0 Å². The monoisotopic (exact) mass is 393 g/mol. The van der Waals surface area contributed by atoms with E-state index in [1.807, 2.05) is 48.5 Å². The Morgan fingerprint density at radius 2 is 1.82 bits per heavy atom. The molecule has 4 rings (SSSR count). The molecule has 0 saturated heterocycles. The fraction of sp³-hybridized carbons (Fsp3) is 0.273. The van der Waals surface area contributed by atoms with Crippen LogP contribution < -0.4 is 10.6 Å². The number of carbonyl (C=O) groups excluding carboxylic acids is 1. The third-order valence-electron chi connectivity index (χ3n) is 4.84. The summed E-state index contributed by atoms with van der Waals surface area (Å²) in [5.41, 5.74) is 2.54. The molecule has 2 N–H and O–H groups in total. The van der Waals surface area contributed by atoms with Gasteiger partial charge in [-0.05, 0) is 37.0 Å². The number of hydrogen-bond acceptors (Lipinski definition) is 5. The summed E-state index contributed by atoms with van der Waals surface area (Å²) < 4.78 is 6.08. The lowest BCUT2D eigenvalue weighted by atomic mass is 10.2. The van der Waals surface area contributed by atoms with Gasteiger partial charge in [0.15, 0.2) is 5.13 Å². The quantitative estimate of drug-likeness (QED) is 0.608. The number of hydrogen-bond donors (Lipinski definition) is 2. The predicted octanol–water partition coefficient (Wildman–Crippen LogP) is 4.75. The second kappa shape index (κ2) is 8.99. The average Bonchev–Trinajstić information content (AvgIpc) is 3.37. The molecule has 3 aromatic rings. The second-order valence-corrected chi connectivity index (χ2v) is 7.73. The predicted molar refractivity (Wildman–Crippen MR) is 112 cm³/mol. The van der Waals surface area contributed by atoms with Crippen LogP contribution >= 0.6 is 11.3 Å². The number of anilines is 2. The summed E-state index contributed by atoms with van der Waals surface area (Å²) in [5, 5.41) is 8.83. The third-order valence-corrected chi connectivity index (χ3v) is 5.60. The molecular weight excluding hydrogens is 370 g/mol. The fourth-order valence-corrected chi connectivity index (χ4v) is 4.10. The van der Waals surface area contributed by atoms with E-state index in [9.17, 15) is 4.79 Å². The van der Waals surface area contributed by atoms with Crippen molar-refractivity contribution in [3.63, 3.8) is 0 Å². The van der Waals surface area contributed by atoms with Crippen molar-refractivity contribution >= 4 is 28.1 Å². The first-order valence-corrected chi connectivity index (χ1v) is 10.4. The Morgan fingerprint density at radius 1 is 1.07 bits per heavy atom. The Bertz CT molecular complexity index is 898. The van der Waals surface area contributed by atoms with Crippen molar-refractivity contribution in [2.75, 3.05) is 5.32 Å². The van der Waals surface area contributed by atoms with Gasteiger partial charge in [-0.2, -0.15) is 0 Å². The van der Waals surface area contributed by atoms with Gasteiger partial charge in [-0.25, -0.2) is 4.98 Å². The SMILES string of the molecule is O=C(N[C@@H]1CCC[C@H]1OCc1ccccc1)c1csc(Nc2ccccc2)n1. The summed E-state index contributed by atoms with van der Waals surface area (Å²) in [5.74, 6) is -0.141. The third kappa shape index (κ3) is 4.77. The lowest BCUT2D eigenvalue weighted by molar-refractivity contribution is 0.0271. The minimum absolute atomic E-state index is 0.0310. The van der Waals surface area contributed by atoms with E-state index in [2.05, 4.69) is 27.8 Å². The maximum Gasteiger partial charge on any atom is 0.271 e. The Hall–Kier alpha value is -2.70. The first kappa shape index (κ1) is 18.7. The molecule has 2 aromatic carbocycles. The zero-order chi connectivity index (χ0) is 19.2. The molecule has 1 aliphatic rings. The summed E-state index contributed by atoms with van der Waals surface area (Å²) in [6.45, 7) is 0.569. The van der Waals surface area contributed by atoms with Crippen molar-refractivity contribution in [1.82, 2.24) is 10.3 Å². The lowest BCUT2D eigenvalue weighted by Crippen LogP contribution is -2.41. The van der Waals surface area contributed by atoms with E-state index in [0.717, 1.165) is 30.5 Å². The molecule has 0 spiro atoms. The molecule has 5 nitrogen and oxygen atoms in total. The molecule has 0 unspecified atom stereocenters. The van der Waals surface area contributed by atoms with Crippen LogP contribution in [0.4, 0.5) is 10.8 Å². The summed E-state index contributed by atoms with van der Waals surface area (Å²) in [4.78, 5) is 17.1. The summed E-state index contributed by atoms with van der Waals surface area (Å²) in [6.07, 6.45) is 3.01. The average molecular weight is 394 g/mol. The molecular formula is C22H23N3O2S. The molecule has 0 radical (unpaired) electrons. The van der Waals surface area contributed by atoms with Crippen LogP contribution in [-0.2, 0) is 11.3 Å². The van der Waals surface area contributed by atoms with Gasteiger partial charge in [0.05, 0.1) is 18.8 Å². The number of rotatable bonds is 7. The van der Waals surface area contributed by atoms with Gasteiger partial charge in [0, 0.05) is 11.1 Å². The van der Waals surface area contributed by atoms with Gasteiger partial charge in [-0.1, -0.05) is 48.5 Å². The molecule has 28 heavy (non-hydrogen) atoms. The Labute approximate surface area is 168 Å². The molecule has 1 fully saturated rings. The highest BCUT2D eigenvalue weighted by Gasteiger charge is 2.30. The summed E-state index contributed by atoms with van der Waals surface area (Å²) in [6, 6.07) is 20.0. The van der Waals surface area contributed by atoms with Gasteiger partial charge < -0.3 is 15.4 Å². The maximum atomic E-state index is 12.6. The zero-order valence-corrected chi connectivity index (χ0v) is 16.3. The molecule has 144 valence electrons. The smallest absolute Gasteiger partial charge is 0.271 e. The van der Waals surface area contributed by atoms with E-state index in [1.165, 1.54) is 11.3 Å². The van der Waals surface area contributed by atoms with Gasteiger partial charge in [0.25, 0.3) is 5.91 Å². The van der Waals surface area contributed by atoms with Gasteiger partial charge in [0.2, 0.25) is 0 Å². The molecule has 0 bridgehead atoms. The minimum Gasteiger partial charge on any atom is -0.371 e. The molecule has 1 aromatic heterocycles. The van der Waals surface area contributed by atoms with Crippen LogP contribution in [0.5, 0.6) is 0 Å². The molecule has 1 saturated carbocycles. The van der Waals surface area contributed by atoms with Crippen LogP contribution in [0.1, 0.15) is 35.3 Å². The number of carbonyl (C=O) groups is 1. The zero-order valence-electron chi connectivity index (χ0n) is 15.5. The van der Waals surface area contributed by atoms with Crippen LogP contribution in [-0.4, -0.2) is 23.0 Å². The Morgan fingerprint density at radius 3 is 2.61 bits per heavy atom. The minimum atomic E-state index is -0.141. The molecule has 1 aliphatic carbocycles. The molecule has 1 heterocycles. The van der Waals surface area contributed by atoms with Crippen LogP contribution in [0.15, 0.2) is 66.0 Å². The number of nitrogens with zero attached hydrogens (tertiary/aromatic N) is 1. The fourth-order valence-electron chi connectivity index (χ4n) is 3.39. The van der Waals surface area contributed by atoms with Crippen LogP contribution in [0, 0.1) is 0 Å².